The van der Waals surface area contributed by atoms with Gasteiger partial charge in [-0.15, -0.1) is 12.4 Å². The summed E-state index contributed by atoms with van der Waals surface area (Å²) >= 11 is 6.25. The van der Waals surface area contributed by atoms with Gasteiger partial charge in [0.05, 0.1) is 22.6 Å². The summed E-state index contributed by atoms with van der Waals surface area (Å²) in [4.78, 5) is 16.1. The molecule has 0 spiro atoms. The number of amides is 1. The molecule has 7 heteroatoms. The van der Waals surface area contributed by atoms with Crippen LogP contribution in [0.5, 0.6) is 0 Å². The number of anilines is 1. The largest absolute Gasteiger partial charge is 0.324 e. The minimum Gasteiger partial charge on any atom is -0.324 e. The minimum atomic E-state index is -0.885. The van der Waals surface area contributed by atoms with E-state index >= 15 is 0 Å². The van der Waals surface area contributed by atoms with E-state index in [4.69, 9.17) is 17.3 Å². The van der Waals surface area contributed by atoms with Gasteiger partial charge in [-0.25, -0.2) is 4.98 Å². The number of hydrogen-bond donors (Lipinski definition) is 2. The topological polar surface area (TPSA) is 72.9 Å². The normalized spacial score (nSPS) is 13.1. The Balaban J connectivity index is 0.00000242. The third-order valence-corrected chi connectivity index (χ3v) is 3.58. The SMILES string of the molecule is CCCC(C)(N)C(=O)Nc1ccc(-n2ccnc2)c(Cl)c1.Cl. The molecule has 0 bridgehead atoms. The Labute approximate surface area is 141 Å². The summed E-state index contributed by atoms with van der Waals surface area (Å²) in [6.07, 6.45) is 6.62. The predicted octanol–water partition coefficient (Wildman–Crippen LogP) is 3.40. The number of carbonyl (C=O) groups is 1. The zero-order valence-corrected chi connectivity index (χ0v) is 14.1. The molecule has 1 aromatic carbocycles. The van der Waals surface area contributed by atoms with Gasteiger partial charge in [-0.3, -0.25) is 4.79 Å². The monoisotopic (exact) mass is 342 g/mol. The van der Waals surface area contributed by atoms with E-state index in [0.29, 0.717) is 17.1 Å². The molecule has 120 valence electrons. The molecule has 1 amide bonds. The van der Waals surface area contributed by atoms with Gasteiger partial charge in [-0.2, -0.15) is 0 Å². The number of imidazole rings is 1. The zero-order chi connectivity index (χ0) is 15.5. The van der Waals surface area contributed by atoms with Crippen molar-refractivity contribution in [3.05, 3.63) is 41.9 Å². The van der Waals surface area contributed by atoms with Crippen molar-refractivity contribution in [1.82, 2.24) is 9.55 Å². The lowest BCUT2D eigenvalue weighted by Crippen LogP contribution is -2.48. The van der Waals surface area contributed by atoms with Crippen molar-refractivity contribution in [3.63, 3.8) is 0 Å². The van der Waals surface area contributed by atoms with Gasteiger partial charge in [-0.05, 0) is 31.5 Å². The van der Waals surface area contributed by atoms with Crippen molar-refractivity contribution < 1.29 is 4.79 Å². The second-order valence-corrected chi connectivity index (χ2v) is 5.66. The molecule has 3 N–H and O–H groups in total. The Morgan fingerprint density at radius 3 is 2.77 bits per heavy atom. The van der Waals surface area contributed by atoms with E-state index in [-0.39, 0.29) is 18.3 Å². The van der Waals surface area contributed by atoms with E-state index in [1.54, 1.807) is 42.3 Å². The molecule has 22 heavy (non-hydrogen) atoms. The first-order chi connectivity index (χ1) is 9.94. The van der Waals surface area contributed by atoms with Gasteiger partial charge in [0.25, 0.3) is 0 Å². The number of hydrogen-bond acceptors (Lipinski definition) is 3. The summed E-state index contributed by atoms with van der Waals surface area (Å²) in [5, 5.41) is 3.33. The molecule has 1 heterocycles. The Morgan fingerprint density at radius 2 is 2.23 bits per heavy atom. The Hall–Kier alpha value is -1.56. The van der Waals surface area contributed by atoms with Crippen LogP contribution in [0.3, 0.4) is 0 Å². The molecule has 1 atom stereocenters. The number of halogens is 2. The fourth-order valence-electron chi connectivity index (χ4n) is 2.10. The van der Waals surface area contributed by atoms with E-state index in [0.717, 1.165) is 12.1 Å². The van der Waals surface area contributed by atoms with E-state index in [9.17, 15) is 4.79 Å². The van der Waals surface area contributed by atoms with Gasteiger partial charge in [0.1, 0.15) is 0 Å². The fraction of sp³-hybridized carbons (Fsp3) is 0.333. The highest BCUT2D eigenvalue weighted by molar-refractivity contribution is 6.32. The number of nitrogens with zero attached hydrogens (tertiary/aromatic N) is 2. The van der Waals surface area contributed by atoms with Crippen LogP contribution in [0.1, 0.15) is 26.7 Å². The van der Waals surface area contributed by atoms with Gasteiger partial charge in [0, 0.05) is 18.1 Å². The second kappa shape index (κ2) is 7.63. The molecular weight excluding hydrogens is 323 g/mol. The lowest BCUT2D eigenvalue weighted by Gasteiger charge is -2.23. The van der Waals surface area contributed by atoms with Crippen LogP contribution in [0, 0.1) is 0 Å². The molecular formula is C15H20Cl2N4O. The molecule has 0 aliphatic heterocycles. The molecule has 2 rings (SSSR count). The summed E-state index contributed by atoms with van der Waals surface area (Å²) in [7, 11) is 0. The van der Waals surface area contributed by atoms with Crippen molar-refractivity contribution in [2.24, 2.45) is 5.73 Å². The quantitative estimate of drug-likeness (QED) is 0.874. The number of rotatable bonds is 5. The highest BCUT2D eigenvalue weighted by Gasteiger charge is 2.27. The Morgan fingerprint density at radius 1 is 1.50 bits per heavy atom. The van der Waals surface area contributed by atoms with Gasteiger partial charge < -0.3 is 15.6 Å². The van der Waals surface area contributed by atoms with Crippen LogP contribution in [-0.2, 0) is 4.79 Å². The average molecular weight is 343 g/mol. The minimum absolute atomic E-state index is 0. The Bertz CT molecular complexity index is 626. The standard InChI is InChI=1S/C15H19ClN4O.ClH/c1-3-6-15(2,17)14(21)19-11-4-5-13(12(16)9-11)20-8-7-18-10-20;/h4-5,7-10H,3,6,17H2,1-2H3,(H,19,21);1H. The summed E-state index contributed by atoms with van der Waals surface area (Å²) in [5.41, 5.74) is 6.55. The molecule has 0 saturated heterocycles. The van der Waals surface area contributed by atoms with Crippen LogP contribution in [-0.4, -0.2) is 21.0 Å². The maximum atomic E-state index is 12.2. The number of carbonyl (C=O) groups excluding carboxylic acids is 1. The predicted molar refractivity (Wildman–Crippen MR) is 92.0 cm³/mol. The van der Waals surface area contributed by atoms with Gasteiger partial charge in [0.2, 0.25) is 5.91 Å². The van der Waals surface area contributed by atoms with Crippen molar-refractivity contribution in [2.75, 3.05) is 5.32 Å². The lowest BCUT2D eigenvalue weighted by atomic mass is 9.96. The van der Waals surface area contributed by atoms with Crippen molar-refractivity contribution in [1.29, 1.82) is 0 Å². The van der Waals surface area contributed by atoms with Crippen molar-refractivity contribution in [2.45, 2.75) is 32.2 Å². The van der Waals surface area contributed by atoms with Crippen LogP contribution in [0.2, 0.25) is 5.02 Å². The van der Waals surface area contributed by atoms with E-state index in [1.807, 2.05) is 13.0 Å². The third-order valence-electron chi connectivity index (χ3n) is 3.28. The summed E-state index contributed by atoms with van der Waals surface area (Å²) in [6, 6.07) is 5.32. The molecule has 0 radical (unpaired) electrons. The maximum absolute atomic E-state index is 12.2. The van der Waals surface area contributed by atoms with Crippen molar-refractivity contribution >= 4 is 35.6 Å². The number of nitrogens with one attached hydrogen (secondary N) is 1. The van der Waals surface area contributed by atoms with E-state index < -0.39 is 5.54 Å². The van der Waals surface area contributed by atoms with E-state index in [1.165, 1.54) is 0 Å². The summed E-state index contributed by atoms with van der Waals surface area (Å²) in [5.74, 6) is -0.212. The highest BCUT2D eigenvalue weighted by Crippen LogP contribution is 2.25. The Kier molecular flexibility index (Phi) is 6.41. The first-order valence-corrected chi connectivity index (χ1v) is 7.20. The lowest BCUT2D eigenvalue weighted by molar-refractivity contribution is -0.120. The molecule has 0 saturated carbocycles. The van der Waals surface area contributed by atoms with E-state index in [2.05, 4.69) is 10.3 Å². The first kappa shape index (κ1) is 18.5. The van der Waals surface area contributed by atoms with Gasteiger partial charge in [0.15, 0.2) is 0 Å². The molecule has 1 aromatic heterocycles. The molecule has 0 fully saturated rings. The number of aromatic nitrogens is 2. The van der Waals surface area contributed by atoms with Gasteiger partial charge in [-0.1, -0.05) is 24.9 Å². The van der Waals surface area contributed by atoms with Crippen LogP contribution in [0.4, 0.5) is 5.69 Å². The fourth-order valence-corrected chi connectivity index (χ4v) is 2.38. The summed E-state index contributed by atoms with van der Waals surface area (Å²) < 4.78 is 1.80. The second-order valence-electron chi connectivity index (χ2n) is 5.26. The third kappa shape index (κ3) is 4.22. The van der Waals surface area contributed by atoms with Crippen LogP contribution >= 0.6 is 24.0 Å². The van der Waals surface area contributed by atoms with Crippen LogP contribution in [0.15, 0.2) is 36.9 Å². The molecule has 1 unspecified atom stereocenters. The number of benzene rings is 1. The smallest absolute Gasteiger partial charge is 0.244 e. The summed E-state index contributed by atoms with van der Waals surface area (Å²) in [6.45, 7) is 3.72. The zero-order valence-electron chi connectivity index (χ0n) is 12.5. The molecule has 0 aliphatic carbocycles. The molecule has 0 aliphatic rings. The molecule has 5 nitrogen and oxygen atoms in total. The van der Waals surface area contributed by atoms with Crippen LogP contribution < -0.4 is 11.1 Å². The number of nitrogens with two attached hydrogens (primary N) is 1. The maximum Gasteiger partial charge on any atom is 0.244 e. The van der Waals surface area contributed by atoms with Gasteiger partial charge >= 0.3 is 0 Å². The first-order valence-electron chi connectivity index (χ1n) is 6.82. The van der Waals surface area contributed by atoms with Crippen molar-refractivity contribution in [3.8, 4) is 5.69 Å². The molecule has 2 aromatic rings. The average Bonchev–Trinajstić information content (AvgIpc) is 2.92. The highest BCUT2D eigenvalue weighted by atomic mass is 35.5. The van der Waals surface area contributed by atoms with Crippen LogP contribution in [0.25, 0.3) is 5.69 Å².